The number of fused-ring (bicyclic) bond motifs is 1. The molecule has 0 radical (unpaired) electrons. The summed E-state index contributed by atoms with van der Waals surface area (Å²) in [6.45, 7) is 0. The van der Waals surface area contributed by atoms with Crippen molar-refractivity contribution in [3.63, 3.8) is 0 Å². The second-order valence-corrected chi connectivity index (χ2v) is 5.20. The molecule has 4 N–H and O–H groups in total. The van der Waals surface area contributed by atoms with Crippen molar-refractivity contribution in [1.29, 1.82) is 0 Å². The van der Waals surface area contributed by atoms with Crippen molar-refractivity contribution in [3.05, 3.63) is 24.3 Å². The number of benzene rings is 1. The van der Waals surface area contributed by atoms with Crippen LogP contribution in [0.5, 0.6) is 0 Å². The molecule has 0 spiro atoms. The van der Waals surface area contributed by atoms with Crippen LogP contribution < -0.4 is 11.1 Å². The molecule has 0 bridgehead atoms. The molecule has 1 aromatic heterocycles. The van der Waals surface area contributed by atoms with Gasteiger partial charge in [0.25, 0.3) is 0 Å². The highest BCUT2D eigenvalue weighted by atomic mass is 16.1. The Bertz CT molecular complexity index is 551. The number of aromatic nitrogens is 2. The standard InChI is InChI=1S/C14H18N4O/c15-13(19)9-5-7-10(8-6-9)16-14-17-11-3-1-2-4-12(11)18-14/h1-4,9-10H,5-8H2,(H2,15,19)(H2,16,17,18). The van der Waals surface area contributed by atoms with Gasteiger partial charge in [-0.05, 0) is 37.8 Å². The average molecular weight is 258 g/mol. The highest BCUT2D eigenvalue weighted by molar-refractivity contribution is 5.77. The first-order chi connectivity index (χ1) is 9.22. The minimum atomic E-state index is -0.165. The molecule has 1 aliphatic rings. The van der Waals surface area contributed by atoms with E-state index in [2.05, 4.69) is 15.3 Å². The molecule has 1 saturated carbocycles. The van der Waals surface area contributed by atoms with Gasteiger partial charge in [0, 0.05) is 12.0 Å². The summed E-state index contributed by atoms with van der Waals surface area (Å²) in [5, 5.41) is 3.41. The van der Waals surface area contributed by atoms with Gasteiger partial charge in [-0.25, -0.2) is 4.98 Å². The molecule has 1 heterocycles. The second-order valence-electron chi connectivity index (χ2n) is 5.20. The molecule has 1 aliphatic carbocycles. The Morgan fingerprint density at radius 1 is 1.26 bits per heavy atom. The fraction of sp³-hybridized carbons (Fsp3) is 0.429. The van der Waals surface area contributed by atoms with E-state index in [-0.39, 0.29) is 11.8 Å². The van der Waals surface area contributed by atoms with Crippen LogP contribution in [-0.4, -0.2) is 21.9 Å². The lowest BCUT2D eigenvalue weighted by Gasteiger charge is -2.27. The number of nitrogens with zero attached hydrogens (tertiary/aromatic N) is 1. The van der Waals surface area contributed by atoms with Crippen LogP contribution in [0.1, 0.15) is 25.7 Å². The molecular formula is C14H18N4O. The first kappa shape index (κ1) is 12.0. The lowest BCUT2D eigenvalue weighted by atomic mass is 9.86. The largest absolute Gasteiger partial charge is 0.369 e. The first-order valence-electron chi connectivity index (χ1n) is 6.73. The van der Waals surface area contributed by atoms with Crippen molar-refractivity contribution in [3.8, 4) is 0 Å². The van der Waals surface area contributed by atoms with Crippen molar-refractivity contribution < 1.29 is 4.79 Å². The van der Waals surface area contributed by atoms with Crippen LogP contribution in [0.15, 0.2) is 24.3 Å². The van der Waals surface area contributed by atoms with Gasteiger partial charge in [0.05, 0.1) is 11.0 Å². The normalized spacial score (nSPS) is 23.4. The Morgan fingerprint density at radius 2 is 2.00 bits per heavy atom. The predicted octanol–water partition coefficient (Wildman–Crippen LogP) is 2.02. The van der Waals surface area contributed by atoms with E-state index in [9.17, 15) is 4.79 Å². The third-order valence-electron chi connectivity index (χ3n) is 3.86. The van der Waals surface area contributed by atoms with Gasteiger partial charge >= 0.3 is 0 Å². The number of anilines is 1. The molecule has 0 saturated heterocycles. The molecule has 100 valence electrons. The van der Waals surface area contributed by atoms with Gasteiger partial charge in [0.2, 0.25) is 11.9 Å². The topological polar surface area (TPSA) is 83.8 Å². The number of amides is 1. The minimum absolute atomic E-state index is 0.0497. The van der Waals surface area contributed by atoms with E-state index >= 15 is 0 Å². The van der Waals surface area contributed by atoms with E-state index in [1.54, 1.807) is 0 Å². The molecule has 19 heavy (non-hydrogen) atoms. The Morgan fingerprint density at radius 3 is 2.68 bits per heavy atom. The molecule has 5 nitrogen and oxygen atoms in total. The summed E-state index contributed by atoms with van der Waals surface area (Å²) in [7, 11) is 0. The molecule has 0 atom stereocenters. The molecular weight excluding hydrogens is 240 g/mol. The zero-order valence-electron chi connectivity index (χ0n) is 10.7. The van der Waals surface area contributed by atoms with Crippen molar-refractivity contribution in [2.24, 2.45) is 11.7 Å². The highest BCUT2D eigenvalue weighted by Gasteiger charge is 2.24. The van der Waals surface area contributed by atoms with Crippen molar-refractivity contribution >= 4 is 22.9 Å². The van der Waals surface area contributed by atoms with Crippen molar-refractivity contribution in [2.45, 2.75) is 31.7 Å². The van der Waals surface area contributed by atoms with Crippen LogP contribution in [0.25, 0.3) is 11.0 Å². The number of hydrogen-bond donors (Lipinski definition) is 3. The van der Waals surface area contributed by atoms with Crippen molar-refractivity contribution in [2.75, 3.05) is 5.32 Å². The SMILES string of the molecule is NC(=O)C1CCC(Nc2nc3ccccc3[nH]2)CC1. The number of hydrogen-bond acceptors (Lipinski definition) is 3. The summed E-state index contributed by atoms with van der Waals surface area (Å²) >= 11 is 0. The van der Waals surface area contributed by atoms with E-state index in [0.717, 1.165) is 42.7 Å². The highest BCUT2D eigenvalue weighted by Crippen LogP contribution is 2.26. The third kappa shape index (κ3) is 2.54. The summed E-state index contributed by atoms with van der Waals surface area (Å²) < 4.78 is 0. The van der Waals surface area contributed by atoms with Gasteiger partial charge in [-0.2, -0.15) is 0 Å². The van der Waals surface area contributed by atoms with Crippen LogP contribution in [0.4, 0.5) is 5.95 Å². The number of nitrogens with one attached hydrogen (secondary N) is 2. The third-order valence-corrected chi connectivity index (χ3v) is 3.86. The van der Waals surface area contributed by atoms with Gasteiger partial charge in [-0.3, -0.25) is 4.79 Å². The number of para-hydroxylation sites is 2. The number of carbonyl (C=O) groups excluding carboxylic acids is 1. The number of nitrogens with two attached hydrogens (primary N) is 1. The zero-order chi connectivity index (χ0) is 13.2. The van der Waals surface area contributed by atoms with Gasteiger partial charge in [0.1, 0.15) is 0 Å². The zero-order valence-corrected chi connectivity index (χ0v) is 10.7. The van der Waals surface area contributed by atoms with Crippen LogP contribution >= 0.6 is 0 Å². The second kappa shape index (κ2) is 4.91. The molecule has 0 aliphatic heterocycles. The Hall–Kier alpha value is -2.04. The maximum atomic E-state index is 11.1. The Labute approximate surface area is 111 Å². The number of carbonyl (C=O) groups is 1. The number of aromatic amines is 1. The molecule has 5 heteroatoms. The van der Waals surface area contributed by atoms with Gasteiger partial charge in [-0.15, -0.1) is 0 Å². The molecule has 3 rings (SSSR count). The van der Waals surface area contributed by atoms with E-state index < -0.39 is 0 Å². The van der Waals surface area contributed by atoms with Crippen LogP contribution in [0.3, 0.4) is 0 Å². The number of imidazole rings is 1. The quantitative estimate of drug-likeness (QED) is 0.787. The van der Waals surface area contributed by atoms with Crippen LogP contribution in [0, 0.1) is 5.92 Å². The molecule has 1 amide bonds. The molecule has 2 aromatic rings. The first-order valence-corrected chi connectivity index (χ1v) is 6.73. The monoisotopic (exact) mass is 258 g/mol. The summed E-state index contributed by atoms with van der Waals surface area (Å²) in [6.07, 6.45) is 3.66. The Balaban J connectivity index is 1.64. The van der Waals surface area contributed by atoms with Gasteiger partial charge in [0.15, 0.2) is 0 Å². The summed E-state index contributed by atoms with van der Waals surface area (Å²) in [6, 6.07) is 8.34. The van der Waals surface area contributed by atoms with Gasteiger partial charge < -0.3 is 16.0 Å². The van der Waals surface area contributed by atoms with E-state index in [0.29, 0.717) is 6.04 Å². The molecule has 1 fully saturated rings. The fourth-order valence-corrected chi connectivity index (χ4v) is 2.74. The van der Waals surface area contributed by atoms with Gasteiger partial charge in [-0.1, -0.05) is 12.1 Å². The van der Waals surface area contributed by atoms with E-state index in [1.807, 2.05) is 24.3 Å². The Kier molecular flexibility index (Phi) is 3.11. The van der Waals surface area contributed by atoms with E-state index in [1.165, 1.54) is 0 Å². The van der Waals surface area contributed by atoms with Crippen LogP contribution in [0.2, 0.25) is 0 Å². The molecule has 1 aromatic carbocycles. The predicted molar refractivity (Wildman–Crippen MR) is 74.7 cm³/mol. The minimum Gasteiger partial charge on any atom is -0.369 e. The summed E-state index contributed by atoms with van der Waals surface area (Å²) in [5.74, 6) is 0.694. The lowest BCUT2D eigenvalue weighted by molar-refractivity contribution is -0.122. The molecule has 0 unspecified atom stereocenters. The number of H-pyrrole nitrogens is 1. The van der Waals surface area contributed by atoms with Crippen LogP contribution in [-0.2, 0) is 4.79 Å². The lowest BCUT2D eigenvalue weighted by Crippen LogP contribution is -2.32. The maximum absolute atomic E-state index is 11.1. The smallest absolute Gasteiger partial charge is 0.220 e. The fourth-order valence-electron chi connectivity index (χ4n) is 2.74. The number of rotatable bonds is 3. The summed E-state index contributed by atoms with van der Waals surface area (Å²) in [4.78, 5) is 18.9. The maximum Gasteiger partial charge on any atom is 0.220 e. The average Bonchev–Trinajstić information content (AvgIpc) is 2.81. The summed E-state index contributed by atoms with van der Waals surface area (Å²) in [5.41, 5.74) is 7.34. The van der Waals surface area contributed by atoms with E-state index in [4.69, 9.17) is 5.73 Å². The van der Waals surface area contributed by atoms with Crippen molar-refractivity contribution in [1.82, 2.24) is 9.97 Å². The number of primary amides is 1.